The number of para-hydroxylation sites is 1. The summed E-state index contributed by atoms with van der Waals surface area (Å²) >= 11 is 0. The maximum absolute atomic E-state index is 10.0. The first-order valence-corrected chi connectivity index (χ1v) is 3.95. The molecule has 0 spiro atoms. The second kappa shape index (κ2) is 6.37. The van der Waals surface area contributed by atoms with Gasteiger partial charge in [0.25, 0.3) is 0 Å². The zero-order chi connectivity index (χ0) is 7.40. The van der Waals surface area contributed by atoms with E-state index >= 15 is 0 Å². The van der Waals surface area contributed by atoms with Gasteiger partial charge in [-0.3, -0.25) is 4.57 Å². The fourth-order valence-electron chi connectivity index (χ4n) is 0.585. The predicted molar refractivity (Wildman–Crippen MR) is 36.1 cm³/mol. The van der Waals surface area contributed by atoms with E-state index in [1.54, 1.807) is 30.3 Å². The Morgan fingerprint density at radius 2 is 1.82 bits per heavy atom. The van der Waals surface area contributed by atoms with Crippen molar-refractivity contribution in [2.75, 3.05) is 0 Å². The first-order valence-electron chi connectivity index (χ1n) is 2.73. The summed E-state index contributed by atoms with van der Waals surface area (Å²) in [5.41, 5.74) is 0. The van der Waals surface area contributed by atoms with Gasteiger partial charge in [-0.15, -0.1) is 0 Å². The summed E-state index contributed by atoms with van der Waals surface area (Å²) in [6.45, 7) is 0. The van der Waals surface area contributed by atoms with Crippen molar-refractivity contribution in [3.05, 3.63) is 30.3 Å². The van der Waals surface area contributed by atoms with E-state index in [1.165, 1.54) is 0 Å². The van der Waals surface area contributed by atoms with Gasteiger partial charge in [-0.2, -0.15) is 0 Å². The molecule has 0 radical (unpaired) electrons. The van der Waals surface area contributed by atoms with Gasteiger partial charge in [0.05, 0.1) is 0 Å². The van der Waals surface area contributed by atoms with Crippen LogP contribution < -0.4 is 60.8 Å². The molecule has 0 amide bonds. The number of benzene rings is 1. The fourth-order valence-corrected chi connectivity index (χ4v) is 0.913. The maximum Gasteiger partial charge on any atom is 1.00 e. The topological polar surface area (TPSA) is 49.4 Å². The Labute approximate surface area is 108 Å². The van der Waals surface area contributed by atoms with E-state index in [-0.39, 0.29) is 51.4 Å². The molecule has 5 heteroatoms. The largest absolute Gasteiger partial charge is 1.00 e. The van der Waals surface area contributed by atoms with Gasteiger partial charge in [-0.1, -0.05) is 18.2 Å². The summed E-state index contributed by atoms with van der Waals surface area (Å²) in [5, 5.41) is 0. The Balaban J connectivity index is 0.000001000. The Bertz CT molecular complexity index is 227. The van der Waals surface area contributed by atoms with Crippen molar-refractivity contribution in [3.8, 4) is 5.75 Å². The van der Waals surface area contributed by atoms with E-state index in [0.29, 0.717) is 5.75 Å². The van der Waals surface area contributed by atoms with Crippen LogP contribution in [0.3, 0.4) is 0 Å². The van der Waals surface area contributed by atoms with E-state index in [0.717, 1.165) is 0 Å². The molecule has 0 aliphatic heterocycles. The van der Waals surface area contributed by atoms with E-state index in [2.05, 4.69) is 4.52 Å². The molecule has 1 aromatic rings. The first kappa shape index (κ1) is 11.8. The van der Waals surface area contributed by atoms with E-state index in [9.17, 15) is 9.46 Å². The third-order valence-electron chi connectivity index (χ3n) is 0.944. The van der Waals surface area contributed by atoms with Crippen molar-refractivity contribution in [3.63, 3.8) is 0 Å². The molecule has 0 N–H and O–H groups in total. The van der Waals surface area contributed by atoms with Gasteiger partial charge in [0, 0.05) is 0 Å². The summed E-state index contributed by atoms with van der Waals surface area (Å²) in [4.78, 5) is 10.0. The van der Waals surface area contributed by atoms with Gasteiger partial charge in [0.2, 0.25) is 0 Å². The van der Waals surface area contributed by atoms with Crippen LogP contribution in [0.1, 0.15) is 0 Å². The summed E-state index contributed by atoms with van der Waals surface area (Å²) < 4.78 is 14.4. The molecule has 0 saturated heterocycles. The van der Waals surface area contributed by atoms with Crippen LogP contribution in [0, 0.1) is 0 Å². The summed E-state index contributed by atoms with van der Waals surface area (Å²) in [7, 11) is -3.09. The predicted octanol–water partition coefficient (Wildman–Crippen LogP) is -2.18. The Morgan fingerprint density at radius 1 is 1.27 bits per heavy atom. The van der Waals surface area contributed by atoms with Crippen molar-refractivity contribution < 1.29 is 65.4 Å². The van der Waals surface area contributed by atoms with Crippen LogP contribution in [0.2, 0.25) is 0 Å². The van der Waals surface area contributed by atoms with Crippen LogP contribution >= 0.6 is 8.25 Å². The van der Waals surface area contributed by atoms with Crippen LogP contribution in [0.25, 0.3) is 0 Å². The summed E-state index contributed by atoms with van der Waals surface area (Å²) in [5.74, 6) is 0.362. The monoisotopic (exact) mass is 196 g/mol. The van der Waals surface area contributed by atoms with Crippen LogP contribution in [0.15, 0.2) is 30.3 Å². The fraction of sp³-hybridized carbons (Fsp3) is 0. The molecule has 0 bridgehead atoms. The van der Waals surface area contributed by atoms with E-state index in [1.807, 2.05) is 0 Å². The molecule has 54 valence electrons. The van der Waals surface area contributed by atoms with Crippen molar-refractivity contribution in [2.24, 2.45) is 0 Å². The van der Waals surface area contributed by atoms with Gasteiger partial charge in [-0.25, -0.2) is 0 Å². The average Bonchev–Trinajstić information content (AvgIpc) is 1.88. The third-order valence-corrected chi connectivity index (χ3v) is 1.35. The Kier molecular flexibility index (Phi) is 6.86. The van der Waals surface area contributed by atoms with Gasteiger partial charge in [0.1, 0.15) is 5.75 Å². The van der Waals surface area contributed by atoms with Gasteiger partial charge < -0.3 is 9.42 Å². The molecule has 3 nitrogen and oxygen atoms in total. The first-order chi connectivity index (χ1) is 4.79. The number of hydrogen-bond acceptors (Lipinski definition) is 3. The molecule has 0 aromatic heterocycles. The second-order valence-corrected chi connectivity index (χ2v) is 2.37. The molecule has 0 heterocycles. The van der Waals surface area contributed by atoms with Gasteiger partial charge >= 0.3 is 51.4 Å². The van der Waals surface area contributed by atoms with Crippen LogP contribution in [0.4, 0.5) is 0 Å². The zero-order valence-corrected chi connectivity index (χ0v) is 10.2. The SMILES string of the molecule is O=[PH]([O-])Oc1ccccc1.[K+]. The normalized spacial score (nSPS) is 11.4. The Hall–Kier alpha value is 0.846. The molecule has 0 aliphatic carbocycles. The third kappa shape index (κ3) is 5.14. The quantitative estimate of drug-likeness (QED) is 0.399. The molecular weight excluding hydrogens is 190 g/mol. The minimum atomic E-state index is -3.09. The standard InChI is InChI=1S/C6H7O3P.K/c7-10(8)9-6-4-2-1-3-5-6;/h1-5,10H,(H,7,8);/q;+1/p-1. The van der Waals surface area contributed by atoms with Crippen LogP contribution in [-0.2, 0) is 4.57 Å². The molecule has 1 rings (SSSR count). The molecule has 1 aromatic carbocycles. The number of hydrogen-bond donors (Lipinski definition) is 0. The molecular formula is C6H6KO3P. The summed E-state index contributed by atoms with van der Waals surface area (Å²) in [6, 6.07) is 8.37. The van der Waals surface area contributed by atoms with Gasteiger partial charge in [0.15, 0.2) is 8.25 Å². The smallest absolute Gasteiger partial charge is 0.771 e. The minimum absolute atomic E-state index is 0. The summed E-state index contributed by atoms with van der Waals surface area (Å²) in [6.07, 6.45) is 0. The van der Waals surface area contributed by atoms with E-state index in [4.69, 9.17) is 0 Å². The van der Waals surface area contributed by atoms with Crippen molar-refractivity contribution in [1.29, 1.82) is 0 Å². The Morgan fingerprint density at radius 3 is 2.27 bits per heavy atom. The molecule has 1 atom stereocenters. The zero-order valence-electron chi connectivity index (χ0n) is 6.11. The van der Waals surface area contributed by atoms with Gasteiger partial charge in [-0.05, 0) is 12.1 Å². The molecule has 11 heavy (non-hydrogen) atoms. The molecule has 0 saturated carbocycles. The molecule has 0 aliphatic rings. The van der Waals surface area contributed by atoms with Crippen molar-refractivity contribution >= 4 is 8.25 Å². The van der Waals surface area contributed by atoms with Crippen LogP contribution in [0.5, 0.6) is 5.75 Å². The second-order valence-electron chi connectivity index (χ2n) is 1.67. The molecule has 1 unspecified atom stereocenters. The average molecular weight is 196 g/mol. The molecule has 0 fully saturated rings. The maximum atomic E-state index is 10.0. The number of rotatable bonds is 2. The minimum Gasteiger partial charge on any atom is -0.771 e. The van der Waals surface area contributed by atoms with E-state index < -0.39 is 8.25 Å². The van der Waals surface area contributed by atoms with Crippen molar-refractivity contribution in [1.82, 2.24) is 0 Å². The van der Waals surface area contributed by atoms with Crippen molar-refractivity contribution in [2.45, 2.75) is 0 Å². The van der Waals surface area contributed by atoms with Crippen LogP contribution in [-0.4, -0.2) is 0 Å².